The summed E-state index contributed by atoms with van der Waals surface area (Å²) in [6, 6.07) is 3.38. The molecule has 0 saturated carbocycles. The molecular weight excluding hydrogens is 200 g/mol. The minimum absolute atomic E-state index is 0.0563. The van der Waals surface area contributed by atoms with E-state index >= 15 is 0 Å². The number of carbonyl (C=O) groups is 1. The summed E-state index contributed by atoms with van der Waals surface area (Å²) in [5.74, 6) is 0.393. The fourth-order valence-corrected chi connectivity index (χ4v) is 1.22. The first-order valence-electron chi connectivity index (χ1n) is 4.44. The van der Waals surface area contributed by atoms with Crippen LogP contribution in [-0.4, -0.2) is 10.9 Å². The van der Waals surface area contributed by atoms with Gasteiger partial charge in [0.2, 0.25) is 5.91 Å². The van der Waals surface area contributed by atoms with Gasteiger partial charge in [-0.25, -0.2) is 4.98 Å². The Kier molecular flexibility index (Phi) is 3.47. The van der Waals surface area contributed by atoms with E-state index < -0.39 is 0 Å². The smallest absolute Gasteiger partial charge is 0.228 e. The van der Waals surface area contributed by atoms with Gasteiger partial charge in [0.15, 0.2) is 0 Å². The van der Waals surface area contributed by atoms with Crippen LogP contribution in [0, 0.1) is 12.8 Å². The maximum atomic E-state index is 11.3. The highest BCUT2D eigenvalue weighted by Crippen LogP contribution is 2.15. The summed E-state index contributed by atoms with van der Waals surface area (Å²) < 4.78 is 0. The van der Waals surface area contributed by atoms with Crippen LogP contribution in [0.5, 0.6) is 0 Å². The highest BCUT2D eigenvalue weighted by Gasteiger charge is 2.08. The summed E-state index contributed by atoms with van der Waals surface area (Å²) in [5.41, 5.74) is 0.788. The molecule has 1 rings (SSSR count). The average molecular weight is 213 g/mol. The zero-order valence-corrected chi connectivity index (χ0v) is 9.22. The van der Waals surface area contributed by atoms with Crippen molar-refractivity contribution in [2.45, 2.75) is 20.8 Å². The van der Waals surface area contributed by atoms with Crippen molar-refractivity contribution in [1.29, 1.82) is 0 Å². The predicted octanol–water partition coefficient (Wildman–Crippen LogP) is 2.64. The molecule has 0 aliphatic rings. The van der Waals surface area contributed by atoms with Crippen molar-refractivity contribution in [2.75, 3.05) is 5.32 Å². The van der Waals surface area contributed by atoms with Gasteiger partial charge in [0, 0.05) is 16.6 Å². The van der Waals surface area contributed by atoms with Gasteiger partial charge in [0.1, 0.15) is 5.82 Å². The van der Waals surface area contributed by atoms with Gasteiger partial charge in [-0.2, -0.15) is 0 Å². The summed E-state index contributed by atoms with van der Waals surface area (Å²) in [4.78, 5) is 15.5. The Hall–Kier alpha value is -1.09. The fourth-order valence-electron chi connectivity index (χ4n) is 0.961. The van der Waals surface area contributed by atoms with E-state index in [9.17, 15) is 4.79 Å². The molecule has 0 atom stereocenters. The zero-order chi connectivity index (χ0) is 10.7. The van der Waals surface area contributed by atoms with E-state index in [1.54, 1.807) is 12.1 Å². The number of nitrogens with one attached hydrogen (secondary N) is 1. The Morgan fingerprint density at radius 3 is 2.64 bits per heavy atom. The summed E-state index contributed by atoms with van der Waals surface area (Å²) in [7, 11) is 0. The molecule has 0 unspecified atom stereocenters. The Balaban J connectivity index is 2.82. The topological polar surface area (TPSA) is 42.0 Å². The van der Waals surface area contributed by atoms with Gasteiger partial charge in [-0.05, 0) is 19.1 Å². The highest BCUT2D eigenvalue weighted by molar-refractivity contribution is 6.30. The third-order valence-corrected chi connectivity index (χ3v) is 1.91. The second-order valence-corrected chi connectivity index (χ2v) is 3.89. The third kappa shape index (κ3) is 3.00. The van der Waals surface area contributed by atoms with Gasteiger partial charge in [0.05, 0.1) is 0 Å². The molecule has 0 aromatic carbocycles. The number of pyridine rings is 1. The van der Waals surface area contributed by atoms with Crippen LogP contribution in [0.15, 0.2) is 12.1 Å². The molecule has 0 saturated heterocycles. The SMILES string of the molecule is Cc1cc(Cl)cc(NC(=O)C(C)C)n1. The molecule has 0 spiro atoms. The van der Waals surface area contributed by atoms with Crippen LogP contribution >= 0.6 is 11.6 Å². The lowest BCUT2D eigenvalue weighted by molar-refractivity contribution is -0.118. The standard InChI is InChI=1S/C10H13ClN2O/c1-6(2)10(14)13-9-5-8(11)4-7(3)12-9/h4-6H,1-3H3,(H,12,13,14). The maximum Gasteiger partial charge on any atom is 0.228 e. The molecule has 76 valence electrons. The van der Waals surface area contributed by atoms with E-state index in [0.717, 1.165) is 5.69 Å². The number of rotatable bonds is 2. The summed E-state index contributed by atoms with van der Waals surface area (Å²) in [5, 5.41) is 3.27. The summed E-state index contributed by atoms with van der Waals surface area (Å²) in [6.07, 6.45) is 0. The van der Waals surface area contributed by atoms with Gasteiger partial charge in [-0.15, -0.1) is 0 Å². The number of carbonyl (C=O) groups excluding carboxylic acids is 1. The first-order chi connectivity index (χ1) is 6.49. The van der Waals surface area contributed by atoms with Crippen molar-refractivity contribution in [2.24, 2.45) is 5.92 Å². The Bertz CT molecular complexity index is 330. The molecule has 0 aliphatic carbocycles. The van der Waals surface area contributed by atoms with E-state index in [1.807, 2.05) is 20.8 Å². The first kappa shape index (κ1) is 11.0. The van der Waals surface area contributed by atoms with Crippen molar-refractivity contribution in [3.63, 3.8) is 0 Å². The molecule has 0 bridgehead atoms. The van der Waals surface area contributed by atoms with Crippen LogP contribution in [0.1, 0.15) is 19.5 Å². The maximum absolute atomic E-state index is 11.3. The molecule has 4 heteroatoms. The van der Waals surface area contributed by atoms with E-state index in [-0.39, 0.29) is 11.8 Å². The summed E-state index contributed by atoms with van der Waals surface area (Å²) in [6.45, 7) is 5.48. The molecule has 0 radical (unpaired) electrons. The fraction of sp³-hybridized carbons (Fsp3) is 0.400. The summed E-state index contributed by atoms with van der Waals surface area (Å²) >= 11 is 5.82. The Morgan fingerprint density at radius 1 is 1.50 bits per heavy atom. The molecule has 1 aromatic heterocycles. The number of aromatic nitrogens is 1. The van der Waals surface area contributed by atoms with Gasteiger partial charge in [0.25, 0.3) is 0 Å². The number of hydrogen-bond acceptors (Lipinski definition) is 2. The monoisotopic (exact) mass is 212 g/mol. The molecule has 0 fully saturated rings. The number of nitrogens with zero attached hydrogens (tertiary/aromatic N) is 1. The van der Waals surface area contributed by atoms with Crippen molar-refractivity contribution < 1.29 is 4.79 Å². The van der Waals surface area contributed by atoms with Crippen LogP contribution in [0.4, 0.5) is 5.82 Å². The van der Waals surface area contributed by atoms with E-state index in [0.29, 0.717) is 10.8 Å². The van der Waals surface area contributed by atoms with Gasteiger partial charge in [-0.1, -0.05) is 25.4 Å². The van der Waals surface area contributed by atoms with Gasteiger partial charge in [-0.3, -0.25) is 4.79 Å². The average Bonchev–Trinajstić information content (AvgIpc) is 2.01. The first-order valence-corrected chi connectivity index (χ1v) is 4.82. The van der Waals surface area contributed by atoms with Crippen LogP contribution in [0.25, 0.3) is 0 Å². The molecule has 1 aromatic rings. The van der Waals surface area contributed by atoms with Crippen LogP contribution in [0.2, 0.25) is 5.02 Å². The highest BCUT2D eigenvalue weighted by atomic mass is 35.5. The number of hydrogen-bond donors (Lipinski definition) is 1. The molecule has 14 heavy (non-hydrogen) atoms. The predicted molar refractivity (Wildman–Crippen MR) is 57.5 cm³/mol. The van der Waals surface area contributed by atoms with Crippen molar-refractivity contribution >= 4 is 23.3 Å². The third-order valence-electron chi connectivity index (χ3n) is 1.69. The zero-order valence-electron chi connectivity index (χ0n) is 8.47. The quantitative estimate of drug-likeness (QED) is 0.819. The van der Waals surface area contributed by atoms with Crippen molar-refractivity contribution in [3.05, 3.63) is 22.8 Å². The number of amides is 1. The second kappa shape index (κ2) is 4.42. The lowest BCUT2D eigenvalue weighted by atomic mass is 10.2. The minimum Gasteiger partial charge on any atom is -0.310 e. The van der Waals surface area contributed by atoms with E-state index in [4.69, 9.17) is 11.6 Å². The molecule has 1 N–H and O–H groups in total. The second-order valence-electron chi connectivity index (χ2n) is 3.46. The number of aryl methyl sites for hydroxylation is 1. The lowest BCUT2D eigenvalue weighted by Gasteiger charge is -2.07. The number of anilines is 1. The number of halogens is 1. The van der Waals surface area contributed by atoms with Crippen LogP contribution in [0.3, 0.4) is 0 Å². The minimum atomic E-state index is -0.0592. The Labute approximate surface area is 88.5 Å². The normalized spacial score (nSPS) is 10.4. The van der Waals surface area contributed by atoms with Crippen molar-refractivity contribution in [1.82, 2.24) is 4.98 Å². The largest absolute Gasteiger partial charge is 0.310 e. The van der Waals surface area contributed by atoms with Gasteiger partial charge >= 0.3 is 0 Å². The van der Waals surface area contributed by atoms with Crippen LogP contribution < -0.4 is 5.32 Å². The lowest BCUT2D eigenvalue weighted by Crippen LogP contribution is -2.18. The molecule has 1 heterocycles. The van der Waals surface area contributed by atoms with Crippen LogP contribution in [-0.2, 0) is 4.79 Å². The molecule has 1 amide bonds. The molecule has 0 aliphatic heterocycles. The van der Waals surface area contributed by atoms with Gasteiger partial charge < -0.3 is 5.32 Å². The molecule has 3 nitrogen and oxygen atoms in total. The molecular formula is C10H13ClN2O. The van der Waals surface area contributed by atoms with Crippen molar-refractivity contribution in [3.8, 4) is 0 Å². The Morgan fingerprint density at radius 2 is 2.14 bits per heavy atom. The van der Waals surface area contributed by atoms with E-state index in [1.165, 1.54) is 0 Å². The van der Waals surface area contributed by atoms with E-state index in [2.05, 4.69) is 10.3 Å².